The number of hydrogen-bond donors (Lipinski definition) is 12. The van der Waals surface area contributed by atoms with Crippen molar-refractivity contribution in [1.29, 1.82) is 0 Å². The van der Waals surface area contributed by atoms with Crippen LogP contribution in [0.4, 0.5) is 0 Å². The molecule has 15 N–H and O–H groups in total. The standard InChI is InChI=1S/C57H97N13O14/c1-5-39(4)50(65-51(77)41(60)33-38(2)3)55(81)62-42(17-9-11-21-58)53(79)63-43(18-10-12-22-59)56(82)70-24-14-20-45(70)54(80)64-44(34-40-15-7-6-8-16-40)52(78)61-23-13-19-46(57(83)84)69-31-29-67(36-48(73)74)27-25-66(35-47(71)72)26-28-68(30-32-69)37-49(75)76/h6-8,15-16,38-39,41-46,50H,5,9-14,17-37,58-60H2,1-4H3,(H,61,78)(H,62,81)(H,63,79)(H,64,80)(H,65,77)(H,71,72)(H,73,74)(H,75,76)(H,83,84)/t39-,41-,42-,43-,44+,45-,46?,50-/m0/s1. The van der Waals surface area contributed by atoms with E-state index in [4.69, 9.17) is 17.2 Å². The van der Waals surface area contributed by atoms with Crippen LogP contribution in [0.25, 0.3) is 0 Å². The zero-order chi connectivity index (χ0) is 62.3. The Morgan fingerprint density at radius 1 is 0.595 bits per heavy atom. The van der Waals surface area contributed by atoms with E-state index < -0.39 is 102 Å². The average molecular weight is 1190 g/mol. The van der Waals surface area contributed by atoms with Gasteiger partial charge in [0, 0.05) is 71.9 Å². The van der Waals surface area contributed by atoms with E-state index in [-0.39, 0.29) is 135 Å². The summed E-state index contributed by atoms with van der Waals surface area (Å²) in [5.41, 5.74) is 18.5. The molecule has 84 heavy (non-hydrogen) atoms. The van der Waals surface area contributed by atoms with Gasteiger partial charge in [-0.05, 0) is 101 Å². The lowest BCUT2D eigenvalue weighted by atomic mass is 9.96. The molecule has 0 radical (unpaired) electrons. The zero-order valence-electron chi connectivity index (χ0n) is 49.7. The first-order chi connectivity index (χ1) is 40.0. The highest BCUT2D eigenvalue weighted by atomic mass is 16.4. The normalized spacial score (nSPS) is 18.6. The van der Waals surface area contributed by atoms with Crippen molar-refractivity contribution in [2.45, 2.75) is 153 Å². The number of hydrogen-bond acceptors (Lipinski definition) is 17. The topological polar surface area (TPSA) is 406 Å². The number of carboxylic acids is 4. The molecule has 0 bridgehead atoms. The Hall–Kier alpha value is -6.36. The van der Waals surface area contributed by atoms with Crippen LogP contribution in [-0.2, 0) is 54.4 Å². The van der Waals surface area contributed by atoms with Gasteiger partial charge in [-0.3, -0.25) is 67.5 Å². The minimum absolute atomic E-state index is 0.0153. The summed E-state index contributed by atoms with van der Waals surface area (Å²) >= 11 is 0. The van der Waals surface area contributed by atoms with Gasteiger partial charge in [-0.15, -0.1) is 0 Å². The van der Waals surface area contributed by atoms with Gasteiger partial charge in [0.25, 0.3) is 0 Å². The molecule has 6 amide bonds. The number of benzene rings is 1. The molecule has 0 aromatic heterocycles. The third-order valence-corrected chi connectivity index (χ3v) is 15.4. The van der Waals surface area contributed by atoms with E-state index >= 15 is 0 Å². The predicted molar refractivity (Wildman–Crippen MR) is 313 cm³/mol. The number of amides is 6. The predicted octanol–water partition coefficient (Wildman–Crippen LogP) is -1.34. The number of nitrogens with one attached hydrogen (secondary N) is 5. The van der Waals surface area contributed by atoms with E-state index in [9.17, 15) is 68.4 Å². The number of nitrogens with zero attached hydrogens (tertiary/aromatic N) is 5. The monoisotopic (exact) mass is 1190 g/mol. The Balaban J connectivity index is 1.82. The quantitative estimate of drug-likeness (QED) is 0.0346. The molecule has 27 heteroatoms. The van der Waals surface area contributed by atoms with Crippen LogP contribution in [0.5, 0.6) is 0 Å². The Bertz CT molecular complexity index is 2230. The molecular formula is C57H97N13O14. The molecular weight excluding hydrogens is 1090 g/mol. The molecule has 2 saturated heterocycles. The molecule has 1 aromatic rings. The van der Waals surface area contributed by atoms with Crippen molar-refractivity contribution in [1.82, 2.24) is 51.1 Å². The summed E-state index contributed by atoms with van der Waals surface area (Å²) in [5.74, 6) is -8.16. The highest BCUT2D eigenvalue weighted by Gasteiger charge is 2.40. The third-order valence-electron chi connectivity index (χ3n) is 15.4. The highest BCUT2D eigenvalue weighted by molar-refractivity contribution is 5.97. The van der Waals surface area contributed by atoms with E-state index in [1.54, 1.807) is 49.9 Å². The fraction of sp³-hybridized carbons (Fsp3) is 0.719. The number of rotatable bonds is 36. The van der Waals surface area contributed by atoms with Crippen LogP contribution in [0, 0.1) is 11.8 Å². The zero-order valence-corrected chi connectivity index (χ0v) is 49.7. The van der Waals surface area contributed by atoms with E-state index in [0.717, 1.165) is 0 Å². The van der Waals surface area contributed by atoms with Gasteiger partial charge in [-0.25, -0.2) is 0 Å². The lowest BCUT2D eigenvalue weighted by molar-refractivity contribution is -0.145. The molecule has 1 aromatic carbocycles. The first-order valence-corrected chi connectivity index (χ1v) is 29.8. The first-order valence-electron chi connectivity index (χ1n) is 29.8. The molecule has 3 rings (SSSR count). The van der Waals surface area contributed by atoms with Gasteiger partial charge < -0.3 is 69.1 Å². The van der Waals surface area contributed by atoms with Crippen molar-refractivity contribution in [3.05, 3.63) is 35.9 Å². The Kier molecular flexibility index (Phi) is 33.0. The molecule has 474 valence electrons. The molecule has 2 aliphatic rings. The van der Waals surface area contributed by atoms with Crippen LogP contribution in [-0.4, -0.2) is 245 Å². The van der Waals surface area contributed by atoms with Gasteiger partial charge in [0.05, 0.1) is 25.7 Å². The number of aliphatic carboxylic acids is 4. The molecule has 0 spiro atoms. The maximum Gasteiger partial charge on any atom is 0.320 e. The minimum atomic E-state index is -1.19. The van der Waals surface area contributed by atoms with Crippen molar-refractivity contribution in [2.75, 3.05) is 98.2 Å². The smallest absolute Gasteiger partial charge is 0.320 e. The fourth-order valence-corrected chi connectivity index (χ4v) is 10.5. The van der Waals surface area contributed by atoms with Crippen LogP contribution in [0.2, 0.25) is 0 Å². The second kappa shape index (κ2) is 38.6. The Morgan fingerprint density at radius 3 is 1.62 bits per heavy atom. The van der Waals surface area contributed by atoms with Gasteiger partial charge in [0.15, 0.2) is 0 Å². The third kappa shape index (κ3) is 26.3. The van der Waals surface area contributed by atoms with Gasteiger partial charge in [-0.1, -0.05) is 64.4 Å². The SMILES string of the molecule is CC[C@H](C)[C@H](NC(=O)[C@@H](N)CC(C)C)C(=O)N[C@@H](CCCCN)C(=O)N[C@@H](CCCCN)C(=O)N1CCC[C@H]1C(=O)N[C@H](Cc1ccccc1)C(=O)NCCCC(C(=O)O)N1CCN(CC(=O)O)CCN(CC(=O)O)CCN(CC(=O)O)CC1. The van der Waals surface area contributed by atoms with Gasteiger partial charge in [-0.2, -0.15) is 0 Å². The Labute approximate surface area is 493 Å². The summed E-state index contributed by atoms with van der Waals surface area (Å²) in [5, 5.41) is 53.6. The molecule has 27 nitrogen and oxygen atoms in total. The second-order valence-electron chi connectivity index (χ2n) is 22.6. The number of likely N-dealkylation sites (tertiary alicyclic amines) is 1. The maximum absolute atomic E-state index is 14.7. The molecule has 2 heterocycles. The summed E-state index contributed by atoms with van der Waals surface area (Å²) < 4.78 is 0. The lowest BCUT2D eigenvalue weighted by Gasteiger charge is -2.35. The van der Waals surface area contributed by atoms with E-state index in [1.807, 2.05) is 27.7 Å². The number of unbranched alkanes of at least 4 members (excludes halogenated alkanes) is 2. The molecule has 0 aliphatic carbocycles. The summed E-state index contributed by atoms with van der Waals surface area (Å²) in [6.45, 7) is 8.25. The number of carboxylic acid groups (broad SMARTS) is 4. The van der Waals surface area contributed by atoms with Crippen molar-refractivity contribution < 1.29 is 68.4 Å². The highest BCUT2D eigenvalue weighted by Crippen LogP contribution is 2.22. The summed E-state index contributed by atoms with van der Waals surface area (Å²) in [6, 6.07) is 1.51. The van der Waals surface area contributed by atoms with Crippen molar-refractivity contribution in [2.24, 2.45) is 29.0 Å². The second-order valence-corrected chi connectivity index (χ2v) is 22.6. The summed E-state index contributed by atoms with van der Waals surface area (Å²) in [6.07, 6.45) is 4.15. The van der Waals surface area contributed by atoms with Crippen molar-refractivity contribution in [3.63, 3.8) is 0 Å². The van der Waals surface area contributed by atoms with Crippen molar-refractivity contribution >= 4 is 59.3 Å². The van der Waals surface area contributed by atoms with Crippen LogP contribution in [0.1, 0.15) is 110 Å². The first kappa shape index (κ1) is 71.9. The molecule has 1 unspecified atom stereocenters. The van der Waals surface area contributed by atoms with Crippen LogP contribution in [0.15, 0.2) is 30.3 Å². The van der Waals surface area contributed by atoms with Crippen molar-refractivity contribution in [3.8, 4) is 0 Å². The average Bonchev–Trinajstić information content (AvgIpc) is 4.10. The minimum Gasteiger partial charge on any atom is -0.480 e. The van der Waals surface area contributed by atoms with E-state index in [1.165, 1.54) is 4.90 Å². The Morgan fingerprint density at radius 2 is 1.12 bits per heavy atom. The lowest BCUT2D eigenvalue weighted by Crippen LogP contribution is -2.60. The van der Waals surface area contributed by atoms with Gasteiger partial charge in [0.2, 0.25) is 35.4 Å². The number of carbonyl (C=O) groups excluding carboxylic acids is 6. The number of carbonyl (C=O) groups is 10. The van der Waals surface area contributed by atoms with Gasteiger partial charge >= 0.3 is 23.9 Å². The van der Waals surface area contributed by atoms with E-state index in [2.05, 4.69) is 26.6 Å². The van der Waals surface area contributed by atoms with E-state index in [0.29, 0.717) is 63.6 Å². The molecule has 2 fully saturated rings. The molecule has 2 aliphatic heterocycles. The molecule has 0 saturated carbocycles. The van der Waals surface area contributed by atoms with Crippen LogP contribution in [0.3, 0.4) is 0 Å². The summed E-state index contributed by atoms with van der Waals surface area (Å²) in [7, 11) is 0. The largest absolute Gasteiger partial charge is 0.480 e. The van der Waals surface area contributed by atoms with Crippen LogP contribution >= 0.6 is 0 Å². The molecule has 8 atom stereocenters. The summed E-state index contributed by atoms with van der Waals surface area (Å²) in [4.78, 5) is 141. The fourth-order valence-electron chi connectivity index (χ4n) is 10.5. The number of nitrogens with two attached hydrogens (primary N) is 3. The van der Waals surface area contributed by atoms with Gasteiger partial charge in [0.1, 0.15) is 36.3 Å². The van der Waals surface area contributed by atoms with Crippen LogP contribution < -0.4 is 43.8 Å². The maximum atomic E-state index is 14.7.